The van der Waals surface area contributed by atoms with Crippen molar-refractivity contribution >= 4 is 39.7 Å². The van der Waals surface area contributed by atoms with Crippen molar-refractivity contribution in [2.45, 2.75) is 12.8 Å². The standard InChI is InChI=1S/C20H15F3N4OS/c21-20(22,23)28-14-6-2-5-13(11-14)25-19-26-16-8-1-4-12(17(16)18(24)27-19)10-15-7-3-9-29-15/h1-9,11H,10H2,(H3,24,25,26,27). The molecule has 0 aliphatic rings. The van der Waals surface area contributed by atoms with Crippen molar-refractivity contribution in [1.29, 1.82) is 0 Å². The van der Waals surface area contributed by atoms with Crippen LogP contribution in [0, 0.1) is 0 Å². The first-order valence-corrected chi connectivity index (χ1v) is 9.46. The first-order chi connectivity index (χ1) is 13.9. The summed E-state index contributed by atoms with van der Waals surface area (Å²) in [4.78, 5) is 9.95. The van der Waals surface area contributed by atoms with E-state index in [0.29, 0.717) is 23.4 Å². The number of benzene rings is 2. The number of hydrogen-bond acceptors (Lipinski definition) is 6. The maximum Gasteiger partial charge on any atom is 0.573 e. The fourth-order valence-electron chi connectivity index (χ4n) is 2.99. The van der Waals surface area contributed by atoms with Gasteiger partial charge in [-0.1, -0.05) is 24.3 Å². The number of fused-ring (bicyclic) bond motifs is 1. The lowest BCUT2D eigenvalue weighted by Gasteiger charge is -2.12. The van der Waals surface area contributed by atoms with Gasteiger partial charge in [-0.15, -0.1) is 24.5 Å². The molecule has 3 N–H and O–H groups in total. The van der Waals surface area contributed by atoms with Gasteiger partial charge in [0.1, 0.15) is 11.6 Å². The van der Waals surface area contributed by atoms with Crippen LogP contribution < -0.4 is 15.8 Å². The molecule has 0 radical (unpaired) electrons. The zero-order valence-electron chi connectivity index (χ0n) is 14.9. The van der Waals surface area contributed by atoms with Crippen LogP contribution in [-0.2, 0) is 6.42 Å². The van der Waals surface area contributed by atoms with Gasteiger partial charge in [0.05, 0.1) is 5.52 Å². The van der Waals surface area contributed by atoms with Gasteiger partial charge >= 0.3 is 6.36 Å². The van der Waals surface area contributed by atoms with E-state index < -0.39 is 6.36 Å². The average Bonchev–Trinajstić information content (AvgIpc) is 3.13. The number of halogens is 3. The largest absolute Gasteiger partial charge is 0.573 e. The van der Waals surface area contributed by atoms with Crippen LogP contribution in [0.25, 0.3) is 10.9 Å². The van der Waals surface area contributed by atoms with E-state index in [1.165, 1.54) is 23.1 Å². The lowest BCUT2D eigenvalue weighted by molar-refractivity contribution is -0.274. The Bertz CT molecular complexity index is 1150. The topological polar surface area (TPSA) is 73.1 Å². The van der Waals surface area contributed by atoms with Gasteiger partial charge in [-0.25, -0.2) is 4.98 Å². The lowest BCUT2D eigenvalue weighted by atomic mass is 10.1. The van der Waals surface area contributed by atoms with Crippen molar-refractivity contribution in [2.75, 3.05) is 11.1 Å². The van der Waals surface area contributed by atoms with Crippen molar-refractivity contribution in [2.24, 2.45) is 0 Å². The molecule has 2 heterocycles. The molecule has 2 aromatic heterocycles. The van der Waals surface area contributed by atoms with Gasteiger partial charge in [-0.2, -0.15) is 4.98 Å². The Kier molecular flexibility index (Phi) is 4.98. The van der Waals surface area contributed by atoms with Gasteiger partial charge in [-0.05, 0) is 35.2 Å². The van der Waals surface area contributed by atoms with Gasteiger partial charge in [0, 0.05) is 28.4 Å². The highest BCUT2D eigenvalue weighted by Gasteiger charge is 2.31. The number of thiophene rings is 1. The molecule has 0 fully saturated rings. The molecular formula is C20H15F3N4OS. The van der Waals surface area contributed by atoms with Crippen LogP contribution in [-0.4, -0.2) is 16.3 Å². The Hall–Kier alpha value is -3.33. The summed E-state index contributed by atoms with van der Waals surface area (Å²) in [6, 6.07) is 15.2. The third-order valence-electron chi connectivity index (χ3n) is 4.11. The number of hydrogen-bond donors (Lipinski definition) is 2. The van der Waals surface area contributed by atoms with Crippen molar-refractivity contribution < 1.29 is 17.9 Å². The lowest BCUT2D eigenvalue weighted by Crippen LogP contribution is -2.17. The van der Waals surface area contributed by atoms with Gasteiger partial charge < -0.3 is 15.8 Å². The van der Waals surface area contributed by atoms with Crippen LogP contribution in [0.1, 0.15) is 10.4 Å². The van der Waals surface area contributed by atoms with E-state index in [-0.39, 0.29) is 11.7 Å². The molecule has 0 aliphatic heterocycles. The van der Waals surface area contributed by atoms with Crippen LogP contribution in [0.5, 0.6) is 5.75 Å². The molecule has 0 saturated heterocycles. The van der Waals surface area contributed by atoms with Crippen LogP contribution in [0.15, 0.2) is 60.0 Å². The maximum absolute atomic E-state index is 12.4. The fraction of sp³-hybridized carbons (Fsp3) is 0.100. The van der Waals surface area contributed by atoms with E-state index in [9.17, 15) is 13.2 Å². The van der Waals surface area contributed by atoms with E-state index in [4.69, 9.17) is 5.73 Å². The third-order valence-corrected chi connectivity index (χ3v) is 4.98. The van der Waals surface area contributed by atoms with Crippen LogP contribution >= 0.6 is 11.3 Å². The molecule has 9 heteroatoms. The normalized spacial score (nSPS) is 11.6. The zero-order valence-corrected chi connectivity index (χ0v) is 15.7. The highest BCUT2D eigenvalue weighted by Crippen LogP contribution is 2.29. The maximum atomic E-state index is 12.4. The number of anilines is 3. The SMILES string of the molecule is Nc1nc(Nc2cccc(OC(F)(F)F)c2)nc2cccc(Cc3cccs3)c12. The summed E-state index contributed by atoms with van der Waals surface area (Å²) in [5, 5.41) is 5.66. The van der Waals surface area contributed by atoms with E-state index >= 15 is 0 Å². The van der Waals surface area contributed by atoms with Crippen molar-refractivity contribution in [3.8, 4) is 5.75 Å². The fourth-order valence-corrected chi connectivity index (χ4v) is 3.72. The summed E-state index contributed by atoms with van der Waals surface area (Å²) in [6.45, 7) is 0. The quantitative estimate of drug-likeness (QED) is 0.449. The zero-order chi connectivity index (χ0) is 20.4. The minimum atomic E-state index is -4.76. The Morgan fingerprint density at radius 3 is 2.62 bits per heavy atom. The molecule has 4 aromatic rings. The second-order valence-corrected chi connectivity index (χ2v) is 7.23. The average molecular weight is 416 g/mol. The summed E-state index contributed by atoms with van der Waals surface area (Å²) < 4.78 is 41.2. The molecule has 5 nitrogen and oxygen atoms in total. The Morgan fingerprint density at radius 1 is 1.03 bits per heavy atom. The van der Waals surface area contributed by atoms with E-state index in [1.54, 1.807) is 17.4 Å². The Labute approximate surface area is 168 Å². The minimum Gasteiger partial charge on any atom is -0.406 e. The van der Waals surface area contributed by atoms with Gasteiger partial charge in [0.2, 0.25) is 5.95 Å². The van der Waals surface area contributed by atoms with E-state index in [0.717, 1.165) is 10.9 Å². The molecule has 2 aromatic carbocycles. The smallest absolute Gasteiger partial charge is 0.406 e. The predicted molar refractivity (Wildman–Crippen MR) is 107 cm³/mol. The second kappa shape index (κ2) is 7.59. The molecule has 0 unspecified atom stereocenters. The number of nitrogens with zero attached hydrogens (tertiary/aromatic N) is 2. The predicted octanol–water partition coefficient (Wildman–Crippen LogP) is 5.51. The Morgan fingerprint density at radius 2 is 1.86 bits per heavy atom. The molecule has 4 rings (SSSR count). The van der Waals surface area contributed by atoms with Crippen LogP contribution in [0.2, 0.25) is 0 Å². The number of nitrogen functional groups attached to an aromatic ring is 1. The molecular weight excluding hydrogens is 401 g/mol. The van der Waals surface area contributed by atoms with E-state index in [2.05, 4.69) is 20.0 Å². The summed E-state index contributed by atoms with van der Waals surface area (Å²) >= 11 is 1.66. The first kappa shape index (κ1) is 19.0. The number of aromatic nitrogens is 2. The number of nitrogens with one attached hydrogen (secondary N) is 1. The van der Waals surface area contributed by atoms with Crippen molar-refractivity contribution in [3.63, 3.8) is 0 Å². The molecule has 0 amide bonds. The Balaban J connectivity index is 1.63. The summed E-state index contributed by atoms with van der Waals surface area (Å²) in [6.07, 6.45) is -4.05. The molecule has 29 heavy (non-hydrogen) atoms. The monoisotopic (exact) mass is 416 g/mol. The van der Waals surface area contributed by atoms with Crippen LogP contribution in [0.3, 0.4) is 0 Å². The van der Waals surface area contributed by atoms with Crippen LogP contribution in [0.4, 0.5) is 30.6 Å². The summed E-state index contributed by atoms with van der Waals surface area (Å²) in [7, 11) is 0. The molecule has 0 bridgehead atoms. The number of rotatable bonds is 5. The second-order valence-electron chi connectivity index (χ2n) is 6.20. The molecule has 0 saturated carbocycles. The van der Waals surface area contributed by atoms with Gasteiger partial charge in [0.15, 0.2) is 0 Å². The number of alkyl halides is 3. The minimum absolute atomic E-state index is 0.187. The van der Waals surface area contributed by atoms with Crippen molar-refractivity contribution in [3.05, 3.63) is 70.4 Å². The number of nitrogens with two attached hydrogens (primary N) is 1. The summed E-state index contributed by atoms with van der Waals surface area (Å²) in [5.74, 6) is 0.147. The summed E-state index contributed by atoms with van der Waals surface area (Å²) in [5.41, 5.74) is 8.20. The highest BCUT2D eigenvalue weighted by molar-refractivity contribution is 7.09. The number of ether oxygens (including phenoxy) is 1. The van der Waals surface area contributed by atoms with Crippen molar-refractivity contribution in [1.82, 2.24) is 9.97 Å². The molecule has 0 spiro atoms. The molecule has 0 atom stereocenters. The van der Waals surface area contributed by atoms with E-state index in [1.807, 2.05) is 35.7 Å². The highest BCUT2D eigenvalue weighted by atomic mass is 32.1. The van der Waals surface area contributed by atoms with Gasteiger partial charge in [0.25, 0.3) is 0 Å². The third kappa shape index (κ3) is 4.57. The first-order valence-electron chi connectivity index (χ1n) is 8.58. The van der Waals surface area contributed by atoms with Gasteiger partial charge in [-0.3, -0.25) is 0 Å². The molecule has 148 valence electrons. The molecule has 0 aliphatic carbocycles.